The number of amides is 1. The van der Waals surface area contributed by atoms with E-state index >= 15 is 0 Å². The van der Waals surface area contributed by atoms with E-state index in [1.807, 2.05) is 17.0 Å². The molecule has 0 unspecified atom stereocenters. The van der Waals surface area contributed by atoms with Crippen molar-refractivity contribution in [2.24, 2.45) is 0 Å². The third kappa shape index (κ3) is 3.31. The van der Waals surface area contributed by atoms with Crippen LogP contribution in [0.5, 0.6) is 0 Å². The Morgan fingerprint density at radius 3 is 2.21 bits per heavy atom. The van der Waals surface area contributed by atoms with Gasteiger partial charge in [0, 0.05) is 27.6 Å². The molecule has 1 aliphatic rings. The van der Waals surface area contributed by atoms with E-state index in [1.165, 1.54) is 19.3 Å². The number of carbonyl (C=O) groups is 1. The first-order chi connectivity index (χ1) is 9.00. The molecule has 0 spiro atoms. The highest BCUT2D eigenvalue weighted by atomic mass is 79.9. The van der Waals surface area contributed by atoms with E-state index in [4.69, 9.17) is 5.73 Å². The molecule has 1 saturated carbocycles. The van der Waals surface area contributed by atoms with Crippen LogP contribution < -0.4 is 10.6 Å². The monoisotopic (exact) mass is 388 g/mol. The van der Waals surface area contributed by atoms with Crippen molar-refractivity contribution in [2.75, 3.05) is 10.6 Å². The van der Waals surface area contributed by atoms with Gasteiger partial charge in [-0.15, -0.1) is 0 Å². The molecule has 1 aliphatic carbocycles. The third-order valence-corrected chi connectivity index (χ3v) is 4.93. The molecule has 5 heteroatoms. The Bertz CT molecular complexity index is 461. The fourth-order valence-corrected chi connectivity index (χ4v) is 3.86. The molecule has 2 rings (SSSR count). The van der Waals surface area contributed by atoms with Crippen LogP contribution >= 0.6 is 31.9 Å². The number of benzene rings is 1. The van der Waals surface area contributed by atoms with Crippen LogP contribution in [-0.4, -0.2) is 11.9 Å². The van der Waals surface area contributed by atoms with E-state index in [1.54, 1.807) is 6.92 Å². The summed E-state index contributed by atoms with van der Waals surface area (Å²) in [5, 5.41) is 0. The van der Waals surface area contributed by atoms with Crippen molar-refractivity contribution in [3.63, 3.8) is 0 Å². The van der Waals surface area contributed by atoms with Gasteiger partial charge < -0.3 is 10.6 Å². The zero-order valence-electron chi connectivity index (χ0n) is 11.0. The van der Waals surface area contributed by atoms with Crippen LogP contribution in [-0.2, 0) is 4.79 Å². The van der Waals surface area contributed by atoms with Crippen LogP contribution in [0.25, 0.3) is 0 Å². The molecule has 1 amide bonds. The average molecular weight is 390 g/mol. The summed E-state index contributed by atoms with van der Waals surface area (Å²) in [5.41, 5.74) is 7.48. The number of nitrogens with zero attached hydrogens (tertiary/aromatic N) is 1. The standard InChI is InChI=1S/C14H18Br2N2O/c1-9(19)18(10-5-3-2-4-6-10)11-7-12(15)14(17)13(16)8-11/h7-8,10H,2-6,17H2,1H3. The highest BCUT2D eigenvalue weighted by Crippen LogP contribution is 2.36. The summed E-state index contributed by atoms with van der Waals surface area (Å²) in [7, 11) is 0. The number of halogens is 2. The lowest BCUT2D eigenvalue weighted by atomic mass is 9.93. The van der Waals surface area contributed by atoms with Gasteiger partial charge >= 0.3 is 0 Å². The molecule has 19 heavy (non-hydrogen) atoms. The van der Waals surface area contributed by atoms with Crippen molar-refractivity contribution < 1.29 is 4.79 Å². The minimum Gasteiger partial charge on any atom is -0.397 e. The molecule has 0 aromatic heterocycles. The maximum absolute atomic E-state index is 12.0. The van der Waals surface area contributed by atoms with E-state index in [-0.39, 0.29) is 5.91 Å². The summed E-state index contributed by atoms with van der Waals surface area (Å²) in [4.78, 5) is 13.9. The summed E-state index contributed by atoms with van der Waals surface area (Å²) >= 11 is 6.89. The molecule has 0 atom stereocenters. The zero-order chi connectivity index (χ0) is 14.0. The smallest absolute Gasteiger partial charge is 0.224 e. The van der Waals surface area contributed by atoms with Crippen molar-refractivity contribution in [1.29, 1.82) is 0 Å². The minimum absolute atomic E-state index is 0.0930. The van der Waals surface area contributed by atoms with Crippen LogP contribution in [0.4, 0.5) is 11.4 Å². The number of anilines is 2. The largest absolute Gasteiger partial charge is 0.397 e. The first-order valence-electron chi connectivity index (χ1n) is 6.55. The van der Waals surface area contributed by atoms with Gasteiger partial charge in [0.25, 0.3) is 0 Å². The topological polar surface area (TPSA) is 46.3 Å². The molecule has 0 bridgehead atoms. The van der Waals surface area contributed by atoms with Crippen molar-refractivity contribution in [3.05, 3.63) is 21.1 Å². The van der Waals surface area contributed by atoms with E-state index in [9.17, 15) is 4.79 Å². The lowest BCUT2D eigenvalue weighted by molar-refractivity contribution is -0.117. The molecule has 0 aliphatic heterocycles. The second-order valence-corrected chi connectivity index (χ2v) is 6.71. The normalized spacial score (nSPS) is 16.4. The number of nitrogens with two attached hydrogens (primary N) is 1. The second-order valence-electron chi connectivity index (χ2n) is 5.00. The molecule has 2 N–H and O–H groups in total. The Kier molecular flexibility index (Phi) is 4.90. The van der Waals surface area contributed by atoms with Gasteiger partial charge in [-0.25, -0.2) is 0 Å². The van der Waals surface area contributed by atoms with Crippen LogP contribution in [0, 0.1) is 0 Å². The minimum atomic E-state index is 0.0930. The zero-order valence-corrected chi connectivity index (χ0v) is 14.1. The first-order valence-corrected chi connectivity index (χ1v) is 8.13. The second kappa shape index (κ2) is 6.27. The fraction of sp³-hybridized carbons (Fsp3) is 0.500. The Hall–Kier alpha value is -0.550. The van der Waals surface area contributed by atoms with Crippen LogP contribution in [0.15, 0.2) is 21.1 Å². The summed E-state index contributed by atoms with van der Waals surface area (Å²) < 4.78 is 1.64. The molecule has 1 fully saturated rings. The molecular formula is C14H18Br2N2O. The lowest BCUT2D eigenvalue weighted by Gasteiger charge is -2.34. The SMILES string of the molecule is CC(=O)N(c1cc(Br)c(N)c(Br)c1)C1CCCCC1. The van der Waals surface area contributed by atoms with Gasteiger partial charge in [0.05, 0.1) is 5.69 Å². The molecule has 0 heterocycles. The molecule has 1 aromatic carbocycles. The van der Waals surface area contributed by atoms with Gasteiger partial charge in [0.15, 0.2) is 0 Å². The average Bonchev–Trinajstić information content (AvgIpc) is 2.37. The van der Waals surface area contributed by atoms with E-state index in [0.717, 1.165) is 27.5 Å². The van der Waals surface area contributed by atoms with Crippen molar-refractivity contribution in [1.82, 2.24) is 0 Å². The predicted octanol–water partition coefficient (Wildman–Crippen LogP) is 4.48. The molecule has 3 nitrogen and oxygen atoms in total. The van der Waals surface area contributed by atoms with Crippen molar-refractivity contribution in [2.45, 2.75) is 45.1 Å². The fourth-order valence-electron chi connectivity index (χ4n) is 2.70. The number of rotatable bonds is 2. The number of carbonyl (C=O) groups excluding carboxylic acids is 1. The maximum Gasteiger partial charge on any atom is 0.224 e. The molecule has 104 valence electrons. The van der Waals surface area contributed by atoms with Crippen LogP contribution in [0.3, 0.4) is 0 Å². The summed E-state index contributed by atoms with van der Waals surface area (Å²) in [5.74, 6) is 0.0930. The third-order valence-electron chi connectivity index (χ3n) is 3.62. The van der Waals surface area contributed by atoms with E-state index in [2.05, 4.69) is 31.9 Å². The predicted molar refractivity (Wildman–Crippen MR) is 86.3 cm³/mol. The number of nitrogen functional groups attached to an aromatic ring is 1. The maximum atomic E-state index is 12.0. The van der Waals surface area contributed by atoms with E-state index < -0.39 is 0 Å². The van der Waals surface area contributed by atoms with Gasteiger partial charge in [-0.1, -0.05) is 19.3 Å². The van der Waals surface area contributed by atoms with Gasteiger partial charge in [0.2, 0.25) is 5.91 Å². The summed E-state index contributed by atoms with van der Waals surface area (Å²) in [6.07, 6.45) is 5.84. The summed E-state index contributed by atoms with van der Waals surface area (Å²) in [6.45, 7) is 1.63. The highest BCUT2D eigenvalue weighted by Gasteiger charge is 2.25. The molecule has 1 aromatic rings. The van der Waals surface area contributed by atoms with Gasteiger partial charge in [-0.3, -0.25) is 4.79 Å². The van der Waals surface area contributed by atoms with Crippen LogP contribution in [0.2, 0.25) is 0 Å². The highest BCUT2D eigenvalue weighted by molar-refractivity contribution is 9.11. The van der Waals surface area contributed by atoms with E-state index in [0.29, 0.717) is 11.7 Å². The van der Waals surface area contributed by atoms with Gasteiger partial charge in [-0.05, 0) is 56.8 Å². The first kappa shape index (κ1) is 14.9. The van der Waals surface area contributed by atoms with Crippen molar-refractivity contribution in [3.8, 4) is 0 Å². The molecule has 0 radical (unpaired) electrons. The molecule has 0 saturated heterocycles. The number of hydrogen-bond donors (Lipinski definition) is 1. The quantitative estimate of drug-likeness (QED) is 0.758. The Balaban J connectivity index is 2.36. The van der Waals surface area contributed by atoms with Gasteiger partial charge in [-0.2, -0.15) is 0 Å². The van der Waals surface area contributed by atoms with Gasteiger partial charge in [0.1, 0.15) is 0 Å². The lowest BCUT2D eigenvalue weighted by Crippen LogP contribution is -2.40. The molecular weight excluding hydrogens is 372 g/mol. The summed E-state index contributed by atoms with van der Waals surface area (Å²) in [6, 6.07) is 4.17. The van der Waals surface area contributed by atoms with Crippen molar-refractivity contribution >= 4 is 49.1 Å². The number of hydrogen-bond acceptors (Lipinski definition) is 2. The van der Waals surface area contributed by atoms with Crippen LogP contribution in [0.1, 0.15) is 39.0 Å². The Labute approximate surface area is 130 Å². The Morgan fingerprint density at radius 1 is 1.21 bits per heavy atom. The Morgan fingerprint density at radius 2 is 1.74 bits per heavy atom.